The molecule has 2 aliphatic rings. The lowest BCUT2D eigenvalue weighted by atomic mass is 10.1. The summed E-state index contributed by atoms with van der Waals surface area (Å²) in [5.74, 6) is 0.585. The summed E-state index contributed by atoms with van der Waals surface area (Å²) in [6.07, 6.45) is 4.48. The van der Waals surface area contributed by atoms with E-state index in [1.54, 1.807) is 47.6 Å². The molecule has 28 heavy (non-hydrogen) atoms. The van der Waals surface area contributed by atoms with Crippen LogP contribution in [-0.4, -0.2) is 61.7 Å². The fourth-order valence-corrected chi connectivity index (χ4v) is 4.30. The highest BCUT2D eigenvalue weighted by Crippen LogP contribution is 2.40. The topological polar surface area (TPSA) is 76.3 Å². The summed E-state index contributed by atoms with van der Waals surface area (Å²) in [5, 5.41) is 18.6. The molecule has 7 nitrogen and oxygen atoms in total. The third kappa shape index (κ3) is 2.80. The Bertz CT molecular complexity index is 977. The number of phenols is 1. The number of fused-ring (bicyclic) bond motifs is 2. The molecule has 1 aliphatic heterocycles. The second kappa shape index (κ2) is 6.56. The van der Waals surface area contributed by atoms with Gasteiger partial charge < -0.3 is 14.4 Å². The van der Waals surface area contributed by atoms with Gasteiger partial charge >= 0.3 is 0 Å². The van der Waals surface area contributed by atoms with E-state index >= 15 is 0 Å². The van der Waals surface area contributed by atoms with Crippen LogP contribution in [-0.2, 0) is 0 Å². The van der Waals surface area contributed by atoms with Gasteiger partial charge in [0, 0.05) is 48.6 Å². The van der Waals surface area contributed by atoms with E-state index < -0.39 is 12.3 Å². The van der Waals surface area contributed by atoms with Crippen molar-refractivity contribution >= 4 is 0 Å². The zero-order valence-electron chi connectivity index (χ0n) is 15.3. The molecule has 5 rings (SSSR count). The number of hydrogen-bond donors (Lipinski definition) is 1. The van der Waals surface area contributed by atoms with Gasteiger partial charge in [0.05, 0.1) is 17.7 Å². The smallest absolute Gasteiger partial charge is 0.233 e. The lowest BCUT2D eigenvalue weighted by molar-refractivity contribution is 0.0220. The maximum atomic E-state index is 14.5. The number of likely N-dealkylation sites (tertiary alicyclic amines) is 1. The maximum absolute atomic E-state index is 14.5. The Balaban J connectivity index is 1.33. The lowest BCUT2D eigenvalue weighted by Gasteiger charge is -2.31. The van der Waals surface area contributed by atoms with Gasteiger partial charge in [0.15, 0.2) is 6.17 Å². The van der Waals surface area contributed by atoms with E-state index in [-0.39, 0.29) is 17.7 Å². The number of imidazole rings is 1. The molecular formula is C20H20FN5O2. The Morgan fingerprint density at radius 1 is 1.21 bits per heavy atom. The van der Waals surface area contributed by atoms with Gasteiger partial charge in [0.1, 0.15) is 11.9 Å². The molecule has 1 aliphatic carbocycles. The number of halogens is 1. The fraction of sp³-hybridized carbons (Fsp3) is 0.350. The SMILES string of the molecule is CN1CC2CC1[C@H](F)[C@@H]2Oc1ccc(-c2ccc(-n3ccnc3)cc2O)nn1. The van der Waals surface area contributed by atoms with E-state index in [0.717, 1.165) is 18.7 Å². The molecule has 1 aromatic carbocycles. The van der Waals surface area contributed by atoms with Crippen LogP contribution in [0.4, 0.5) is 4.39 Å². The average molecular weight is 381 g/mol. The maximum Gasteiger partial charge on any atom is 0.233 e. The van der Waals surface area contributed by atoms with Gasteiger partial charge in [-0.15, -0.1) is 10.2 Å². The molecule has 8 heteroatoms. The first-order valence-corrected chi connectivity index (χ1v) is 9.26. The van der Waals surface area contributed by atoms with Gasteiger partial charge in [-0.3, -0.25) is 4.90 Å². The minimum Gasteiger partial charge on any atom is -0.507 e. The van der Waals surface area contributed by atoms with Crippen LogP contribution in [0.1, 0.15) is 6.42 Å². The minimum absolute atomic E-state index is 0.0619. The molecule has 3 aromatic rings. The molecular weight excluding hydrogens is 361 g/mol. The van der Waals surface area contributed by atoms with Crippen LogP contribution in [0.15, 0.2) is 49.1 Å². The molecule has 2 bridgehead atoms. The molecule has 2 aromatic heterocycles. The van der Waals surface area contributed by atoms with E-state index in [0.29, 0.717) is 17.1 Å². The van der Waals surface area contributed by atoms with Gasteiger partial charge in [-0.2, -0.15) is 0 Å². The second-order valence-corrected chi connectivity index (χ2v) is 7.46. The Labute approximate surface area is 161 Å². The predicted molar refractivity (Wildman–Crippen MR) is 100 cm³/mol. The average Bonchev–Trinajstić information content (AvgIpc) is 3.41. The van der Waals surface area contributed by atoms with Crippen molar-refractivity contribution in [1.82, 2.24) is 24.6 Å². The third-order valence-electron chi connectivity index (χ3n) is 5.74. The van der Waals surface area contributed by atoms with Crippen molar-refractivity contribution in [2.75, 3.05) is 13.6 Å². The molecule has 3 heterocycles. The van der Waals surface area contributed by atoms with E-state index in [4.69, 9.17) is 4.74 Å². The number of rotatable bonds is 4. The molecule has 2 fully saturated rings. The van der Waals surface area contributed by atoms with Gasteiger partial charge in [-0.1, -0.05) is 0 Å². The number of nitrogens with zero attached hydrogens (tertiary/aromatic N) is 5. The number of piperidine rings is 1. The van der Waals surface area contributed by atoms with Crippen LogP contribution in [0.25, 0.3) is 16.9 Å². The number of alkyl halides is 1. The summed E-state index contributed by atoms with van der Waals surface area (Å²) in [4.78, 5) is 6.06. The van der Waals surface area contributed by atoms with E-state index in [1.807, 2.05) is 13.1 Å². The van der Waals surface area contributed by atoms with Crippen molar-refractivity contribution in [2.45, 2.75) is 24.7 Å². The molecule has 0 spiro atoms. The molecule has 144 valence electrons. The lowest BCUT2D eigenvalue weighted by Crippen LogP contribution is -2.46. The van der Waals surface area contributed by atoms with Crippen molar-refractivity contribution in [1.29, 1.82) is 0 Å². The largest absolute Gasteiger partial charge is 0.507 e. The fourth-order valence-electron chi connectivity index (χ4n) is 4.30. The highest BCUT2D eigenvalue weighted by molar-refractivity contribution is 5.68. The Kier molecular flexibility index (Phi) is 4.01. The van der Waals surface area contributed by atoms with E-state index in [9.17, 15) is 9.50 Å². The number of hydrogen-bond acceptors (Lipinski definition) is 6. The summed E-state index contributed by atoms with van der Waals surface area (Å²) in [6.45, 7) is 0.846. The first-order chi connectivity index (χ1) is 13.6. The van der Waals surface area contributed by atoms with Crippen molar-refractivity contribution < 1.29 is 14.2 Å². The summed E-state index contributed by atoms with van der Waals surface area (Å²) >= 11 is 0. The number of aromatic nitrogens is 4. The van der Waals surface area contributed by atoms with E-state index in [1.165, 1.54) is 0 Å². The standard InChI is InChI=1S/C20H20FN5O2/c1-25-10-12-8-16(25)19(21)20(12)28-18-5-4-15(23-24-18)14-3-2-13(9-17(14)27)26-7-6-22-11-26/h2-7,9,11-12,16,19-20,27H,8,10H2,1H3/t12?,16?,19-,20+/m0/s1. The summed E-state index contributed by atoms with van der Waals surface area (Å²) in [5.41, 5.74) is 1.88. The minimum atomic E-state index is -1.01. The van der Waals surface area contributed by atoms with Crippen LogP contribution in [0.3, 0.4) is 0 Å². The number of benzene rings is 1. The van der Waals surface area contributed by atoms with Gasteiger partial charge in [0.25, 0.3) is 0 Å². The van der Waals surface area contributed by atoms with Gasteiger partial charge in [0.2, 0.25) is 5.88 Å². The normalized spacial score (nSPS) is 26.6. The van der Waals surface area contributed by atoms with Crippen molar-refractivity contribution in [3.8, 4) is 28.6 Å². The number of phenolic OH excluding ortho intramolecular Hbond substituents is 1. The van der Waals surface area contributed by atoms with Gasteiger partial charge in [-0.05, 0) is 31.7 Å². The van der Waals surface area contributed by atoms with Crippen LogP contribution in [0, 0.1) is 5.92 Å². The summed E-state index contributed by atoms with van der Waals surface area (Å²) < 4.78 is 22.1. The zero-order valence-corrected chi connectivity index (χ0v) is 15.3. The summed E-state index contributed by atoms with van der Waals surface area (Å²) in [7, 11) is 1.95. The first kappa shape index (κ1) is 17.1. The van der Waals surface area contributed by atoms with Crippen molar-refractivity contribution in [3.63, 3.8) is 0 Å². The molecule has 1 N–H and O–H groups in total. The molecule has 1 saturated carbocycles. The second-order valence-electron chi connectivity index (χ2n) is 7.46. The highest BCUT2D eigenvalue weighted by Gasteiger charge is 2.52. The van der Waals surface area contributed by atoms with Gasteiger partial charge in [-0.25, -0.2) is 9.37 Å². The van der Waals surface area contributed by atoms with Crippen LogP contribution in [0.2, 0.25) is 0 Å². The molecule has 1 saturated heterocycles. The number of aromatic hydroxyl groups is 1. The summed E-state index contributed by atoms with van der Waals surface area (Å²) in [6, 6.07) is 8.62. The van der Waals surface area contributed by atoms with Crippen LogP contribution in [0.5, 0.6) is 11.6 Å². The molecule has 2 unspecified atom stereocenters. The highest BCUT2D eigenvalue weighted by atomic mass is 19.1. The Morgan fingerprint density at radius 2 is 2.11 bits per heavy atom. The number of ether oxygens (including phenoxy) is 1. The third-order valence-corrected chi connectivity index (χ3v) is 5.74. The molecule has 0 amide bonds. The first-order valence-electron chi connectivity index (χ1n) is 9.26. The molecule has 4 atom stereocenters. The van der Waals surface area contributed by atoms with Crippen molar-refractivity contribution in [2.24, 2.45) is 5.92 Å². The van der Waals surface area contributed by atoms with E-state index in [2.05, 4.69) is 20.1 Å². The quantitative estimate of drug-likeness (QED) is 0.748. The molecule has 0 radical (unpaired) electrons. The van der Waals surface area contributed by atoms with Crippen LogP contribution >= 0.6 is 0 Å². The predicted octanol–water partition coefficient (Wildman–Crippen LogP) is 2.45. The zero-order chi connectivity index (χ0) is 19.3. The Morgan fingerprint density at radius 3 is 2.75 bits per heavy atom. The van der Waals surface area contributed by atoms with Crippen LogP contribution < -0.4 is 4.74 Å². The Hall–Kier alpha value is -3.00. The van der Waals surface area contributed by atoms with Crippen molar-refractivity contribution in [3.05, 3.63) is 49.1 Å². The monoisotopic (exact) mass is 381 g/mol.